The number of amides is 1. The maximum atomic E-state index is 13.7. The number of aryl methyl sites for hydroxylation is 1. The van der Waals surface area contributed by atoms with Crippen LogP contribution in [0.2, 0.25) is 5.15 Å². The van der Waals surface area contributed by atoms with Crippen LogP contribution in [0.25, 0.3) is 16.6 Å². The SMILES string of the molecule is COc1nc(Cl)cc2c1c(N1CCN(C(=O)OC(C)(C)C)CC1)nc(=O)n2-c1c(C)ccnc1C(C)C. The van der Waals surface area contributed by atoms with Crippen LogP contribution in [0.15, 0.2) is 23.1 Å². The van der Waals surface area contributed by atoms with Gasteiger partial charge in [0, 0.05) is 38.4 Å². The van der Waals surface area contributed by atoms with Crippen molar-refractivity contribution in [1.29, 1.82) is 0 Å². The number of aromatic nitrogens is 4. The fraction of sp³-hybridized carbons (Fsp3) is 0.500. The van der Waals surface area contributed by atoms with E-state index in [0.717, 1.165) is 11.3 Å². The van der Waals surface area contributed by atoms with Crippen molar-refractivity contribution in [3.05, 3.63) is 45.2 Å². The third-order valence-electron chi connectivity index (χ3n) is 6.14. The third-order valence-corrected chi connectivity index (χ3v) is 6.33. The molecule has 198 valence electrons. The number of halogens is 1. The average Bonchev–Trinajstić information content (AvgIpc) is 2.82. The molecule has 0 aliphatic carbocycles. The fourth-order valence-electron chi connectivity index (χ4n) is 4.47. The molecule has 0 atom stereocenters. The highest BCUT2D eigenvalue weighted by Crippen LogP contribution is 2.35. The summed E-state index contributed by atoms with van der Waals surface area (Å²) in [7, 11) is 1.51. The number of hydrogen-bond acceptors (Lipinski definition) is 8. The molecule has 1 amide bonds. The van der Waals surface area contributed by atoms with Crippen LogP contribution in [0.3, 0.4) is 0 Å². The standard InChI is InChI=1S/C26H33ClN6O4/c1-15(2)20-21(16(3)8-9-28-20)33-17-14-18(27)29-23(36-7)19(17)22(30-24(33)34)31-10-12-32(13-11-31)25(35)37-26(4,5)6/h8-9,14-15H,10-13H2,1-7H3. The predicted octanol–water partition coefficient (Wildman–Crippen LogP) is 4.33. The molecular weight excluding hydrogens is 496 g/mol. The minimum atomic E-state index is -0.575. The molecule has 0 aromatic carbocycles. The molecule has 10 nitrogen and oxygen atoms in total. The van der Waals surface area contributed by atoms with E-state index in [2.05, 4.69) is 15.0 Å². The maximum absolute atomic E-state index is 13.7. The lowest BCUT2D eigenvalue weighted by atomic mass is 10.0. The van der Waals surface area contributed by atoms with E-state index in [1.807, 2.05) is 52.5 Å². The first-order valence-electron chi connectivity index (χ1n) is 12.3. The summed E-state index contributed by atoms with van der Waals surface area (Å²) >= 11 is 6.39. The number of anilines is 1. The van der Waals surface area contributed by atoms with E-state index in [1.54, 1.807) is 21.7 Å². The summed E-state index contributed by atoms with van der Waals surface area (Å²) < 4.78 is 12.7. The van der Waals surface area contributed by atoms with Crippen molar-refractivity contribution >= 4 is 34.4 Å². The summed E-state index contributed by atoms with van der Waals surface area (Å²) in [5, 5.41) is 0.757. The van der Waals surface area contributed by atoms with Crippen LogP contribution in [0.5, 0.6) is 5.88 Å². The summed E-state index contributed by atoms with van der Waals surface area (Å²) in [4.78, 5) is 43.3. The summed E-state index contributed by atoms with van der Waals surface area (Å²) in [5.41, 5.74) is 1.82. The smallest absolute Gasteiger partial charge is 0.410 e. The summed E-state index contributed by atoms with van der Waals surface area (Å²) in [6.45, 7) is 13.3. The molecule has 1 aliphatic rings. The highest BCUT2D eigenvalue weighted by Gasteiger charge is 2.29. The second kappa shape index (κ2) is 10.2. The maximum Gasteiger partial charge on any atom is 0.410 e. The number of piperazine rings is 1. The Morgan fingerprint density at radius 3 is 2.41 bits per heavy atom. The lowest BCUT2D eigenvalue weighted by molar-refractivity contribution is 0.0240. The van der Waals surface area contributed by atoms with E-state index >= 15 is 0 Å². The first-order valence-corrected chi connectivity index (χ1v) is 12.6. The zero-order chi connectivity index (χ0) is 27.1. The number of fused-ring (bicyclic) bond motifs is 1. The van der Waals surface area contributed by atoms with Crippen molar-refractivity contribution in [2.24, 2.45) is 0 Å². The molecule has 37 heavy (non-hydrogen) atoms. The van der Waals surface area contributed by atoms with Crippen molar-refractivity contribution in [2.75, 3.05) is 38.2 Å². The molecule has 3 aromatic heterocycles. The van der Waals surface area contributed by atoms with Gasteiger partial charge >= 0.3 is 11.8 Å². The van der Waals surface area contributed by atoms with Gasteiger partial charge in [-0.2, -0.15) is 4.98 Å². The Labute approximate surface area is 221 Å². The minimum absolute atomic E-state index is 0.0664. The molecule has 0 N–H and O–H groups in total. The highest BCUT2D eigenvalue weighted by atomic mass is 35.5. The van der Waals surface area contributed by atoms with E-state index in [9.17, 15) is 9.59 Å². The number of carbonyl (C=O) groups excluding carboxylic acids is 1. The van der Waals surface area contributed by atoms with E-state index in [1.165, 1.54) is 7.11 Å². The van der Waals surface area contributed by atoms with Gasteiger partial charge in [0.25, 0.3) is 0 Å². The van der Waals surface area contributed by atoms with Gasteiger partial charge in [0.05, 0.1) is 24.0 Å². The van der Waals surface area contributed by atoms with E-state index < -0.39 is 11.3 Å². The van der Waals surface area contributed by atoms with Crippen molar-refractivity contribution in [2.45, 2.75) is 53.1 Å². The van der Waals surface area contributed by atoms with Crippen LogP contribution in [0, 0.1) is 6.92 Å². The molecule has 1 fully saturated rings. The zero-order valence-electron chi connectivity index (χ0n) is 22.3. The lowest BCUT2D eigenvalue weighted by Gasteiger charge is -2.36. The lowest BCUT2D eigenvalue weighted by Crippen LogP contribution is -2.50. The molecule has 1 aliphatic heterocycles. The van der Waals surface area contributed by atoms with Gasteiger partial charge in [0.2, 0.25) is 5.88 Å². The van der Waals surface area contributed by atoms with Crippen molar-refractivity contribution in [3.8, 4) is 11.6 Å². The Bertz CT molecular complexity index is 1390. The van der Waals surface area contributed by atoms with Gasteiger partial charge in [0.15, 0.2) is 0 Å². The van der Waals surface area contributed by atoms with Gasteiger partial charge in [-0.25, -0.2) is 14.6 Å². The van der Waals surface area contributed by atoms with E-state index in [0.29, 0.717) is 48.6 Å². The Kier molecular flexibility index (Phi) is 7.32. The molecule has 11 heteroatoms. The fourth-order valence-corrected chi connectivity index (χ4v) is 4.65. The van der Waals surface area contributed by atoms with Gasteiger partial charge in [-0.3, -0.25) is 9.55 Å². The van der Waals surface area contributed by atoms with Gasteiger partial charge in [-0.15, -0.1) is 0 Å². The predicted molar refractivity (Wildman–Crippen MR) is 143 cm³/mol. The van der Waals surface area contributed by atoms with Crippen LogP contribution < -0.4 is 15.3 Å². The number of pyridine rings is 2. The van der Waals surface area contributed by atoms with Crippen LogP contribution in [0.4, 0.5) is 10.6 Å². The monoisotopic (exact) mass is 528 g/mol. The number of nitrogens with zero attached hydrogens (tertiary/aromatic N) is 6. The first kappa shape index (κ1) is 26.7. The molecule has 4 rings (SSSR count). The van der Waals surface area contributed by atoms with Crippen LogP contribution in [-0.4, -0.2) is 69.4 Å². The third kappa shape index (κ3) is 5.34. The number of ether oxygens (including phenoxy) is 2. The molecule has 4 heterocycles. The van der Waals surface area contributed by atoms with Gasteiger partial charge in [-0.1, -0.05) is 25.4 Å². The second-order valence-electron chi connectivity index (χ2n) is 10.4. The Balaban J connectivity index is 1.85. The van der Waals surface area contributed by atoms with Crippen LogP contribution >= 0.6 is 11.6 Å². The Morgan fingerprint density at radius 2 is 1.81 bits per heavy atom. The zero-order valence-corrected chi connectivity index (χ0v) is 23.1. The Morgan fingerprint density at radius 1 is 1.14 bits per heavy atom. The van der Waals surface area contributed by atoms with Gasteiger partial charge in [-0.05, 0) is 45.2 Å². The van der Waals surface area contributed by atoms with Crippen molar-refractivity contribution < 1.29 is 14.3 Å². The minimum Gasteiger partial charge on any atom is -0.480 e. The normalized spacial score (nSPS) is 14.4. The van der Waals surface area contributed by atoms with E-state index in [4.69, 9.17) is 21.1 Å². The summed E-state index contributed by atoms with van der Waals surface area (Å²) in [6, 6.07) is 3.52. The molecule has 0 radical (unpaired) electrons. The van der Waals surface area contributed by atoms with Crippen molar-refractivity contribution in [3.63, 3.8) is 0 Å². The van der Waals surface area contributed by atoms with E-state index in [-0.39, 0.29) is 23.0 Å². The van der Waals surface area contributed by atoms with Crippen LogP contribution in [0.1, 0.15) is 51.8 Å². The van der Waals surface area contributed by atoms with Gasteiger partial charge in [0.1, 0.15) is 22.0 Å². The molecule has 0 spiro atoms. The molecule has 0 saturated carbocycles. The summed E-state index contributed by atoms with van der Waals surface area (Å²) in [5.74, 6) is 0.770. The number of rotatable bonds is 4. The first-order chi connectivity index (χ1) is 17.4. The number of hydrogen-bond donors (Lipinski definition) is 0. The topological polar surface area (TPSA) is 103 Å². The highest BCUT2D eigenvalue weighted by molar-refractivity contribution is 6.30. The molecule has 3 aromatic rings. The second-order valence-corrected chi connectivity index (χ2v) is 10.8. The van der Waals surface area contributed by atoms with Crippen LogP contribution in [-0.2, 0) is 4.74 Å². The largest absolute Gasteiger partial charge is 0.480 e. The molecular formula is C26H33ClN6O4. The molecule has 0 unspecified atom stereocenters. The van der Waals surface area contributed by atoms with Crippen molar-refractivity contribution in [1.82, 2.24) is 24.4 Å². The quantitative estimate of drug-likeness (QED) is 0.461. The Hall–Kier alpha value is -3.40. The average molecular weight is 529 g/mol. The molecule has 0 bridgehead atoms. The number of carbonyl (C=O) groups is 1. The summed E-state index contributed by atoms with van der Waals surface area (Å²) in [6.07, 6.45) is 1.38. The van der Waals surface area contributed by atoms with Gasteiger partial charge < -0.3 is 19.3 Å². The molecule has 1 saturated heterocycles. The number of methoxy groups -OCH3 is 1.